The summed E-state index contributed by atoms with van der Waals surface area (Å²) in [6.07, 6.45) is 3.22. The zero-order valence-corrected chi connectivity index (χ0v) is 19.7. The SMILES string of the molecule is COc1ccc(Br)cc1C=CC(=O)Nc1ccc(N2CCN(C(=O)C(C)C)CC2)cc1. The Morgan fingerprint density at radius 2 is 1.74 bits per heavy atom. The summed E-state index contributed by atoms with van der Waals surface area (Å²) in [5, 5.41) is 2.88. The number of nitrogens with zero attached hydrogens (tertiary/aromatic N) is 2. The third kappa shape index (κ3) is 6.10. The number of rotatable bonds is 6. The van der Waals surface area contributed by atoms with E-state index < -0.39 is 0 Å². The molecule has 164 valence electrons. The van der Waals surface area contributed by atoms with Crippen molar-refractivity contribution in [3.8, 4) is 5.75 Å². The van der Waals surface area contributed by atoms with Crippen molar-refractivity contribution in [3.63, 3.8) is 0 Å². The molecule has 2 aromatic carbocycles. The highest BCUT2D eigenvalue weighted by Gasteiger charge is 2.22. The van der Waals surface area contributed by atoms with Gasteiger partial charge >= 0.3 is 0 Å². The van der Waals surface area contributed by atoms with E-state index in [1.807, 2.05) is 61.2 Å². The van der Waals surface area contributed by atoms with Gasteiger partial charge in [-0.15, -0.1) is 0 Å². The molecule has 0 atom stereocenters. The van der Waals surface area contributed by atoms with Crippen LogP contribution in [0.4, 0.5) is 11.4 Å². The van der Waals surface area contributed by atoms with Gasteiger partial charge in [-0.05, 0) is 48.5 Å². The van der Waals surface area contributed by atoms with Gasteiger partial charge in [0.15, 0.2) is 0 Å². The lowest BCUT2D eigenvalue weighted by atomic mass is 10.1. The summed E-state index contributed by atoms with van der Waals surface area (Å²) in [6, 6.07) is 13.4. The average molecular weight is 486 g/mol. The van der Waals surface area contributed by atoms with Crippen LogP contribution >= 0.6 is 15.9 Å². The zero-order chi connectivity index (χ0) is 22.4. The summed E-state index contributed by atoms with van der Waals surface area (Å²) in [7, 11) is 1.60. The highest BCUT2D eigenvalue weighted by atomic mass is 79.9. The molecule has 1 saturated heterocycles. The summed E-state index contributed by atoms with van der Waals surface area (Å²) in [4.78, 5) is 28.6. The molecule has 0 saturated carbocycles. The van der Waals surface area contributed by atoms with Crippen molar-refractivity contribution in [2.24, 2.45) is 5.92 Å². The van der Waals surface area contributed by atoms with Gasteiger partial charge in [0.1, 0.15) is 5.75 Å². The number of nitrogens with one attached hydrogen (secondary N) is 1. The Morgan fingerprint density at radius 1 is 1.06 bits per heavy atom. The number of piperazine rings is 1. The maximum atomic E-state index is 12.3. The first-order valence-electron chi connectivity index (χ1n) is 10.3. The van der Waals surface area contributed by atoms with Gasteiger partial charge in [0, 0.05) is 59.6 Å². The second-order valence-corrected chi connectivity index (χ2v) is 8.64. The van der Waals surface area contributed by atoms with E-state index in [4.69, 9.17) is 4.74 Å². The molecular weight excluding hydrogens is 458 g/mol. The molecule has 0 radical (unpaired) electrons. The molecule has 0 unspecified atom stereocenters. The number of carbonyl (C=O) groups is 2. The molecule has 7 heteroatoms. The number of hydrogen-bond acceptors (Lipinski definition) is 4. The lowest BCUT2D eigenvalue weighted by molar-refractivity contribution is -0.134. The van der Waals surface area contributed by atoms with Crippen LogP contribution in [0.2, 0.25) is 0 Å². The van der Waals surface area contributed by atoms with Crippen LogP contribution in [0.15, 0.2) is 53.0 Å². The molecule has 0 spiro atoms. The maximum absolute atomic E-state index is 12.3. The van der Waals surface area contributed by atoms with Crippen molar-refractivity contribution < 1.29 is 14.3 Å². The van der Waals surface area contributed by atoms with Gasteiger partial charge in [0.2, 0.25) is 11.8 Å². The maximum Gasteiger partial charge on any atom is 0.248 e. The second kappa shape index (κ2) is 10.5. The Hall–Kier alpha value is -2.80. The van der Waals surface area contributed by atoms with Crippen molar-refractivity contribution >= 4 is 45.2 Å². The number of benzene rings is 2. The molecule has 6 nitrogen and oxygen atoms in total. The van der Waals surface area contributed by atoms with Gasteiger partial charge < -0.3 is 19.9 Å². The van der Waals surface area contributed by atoms with E-state index >= 15 is 0 Å². The number of ether oxygens (including phenoxy) is 1. The summed E-state index contributed by atoms with van der Waals surface area (Å²) in [5.74, 6) is 0.738. The average Bonchev–Trinajstić information content (AvgIpc) is 2.78. The molecule has 3 rings (SSSR count). The van der Waals surface area contributed by atoms with E-state index in [0.717, 1.165) is 47.6 Å². The first-order chi connectivity index (χ1) is 14.9. The predicted octanol–water partition coefficient (Wildman–Crippen LogP) is 4.41. The van der Waals surface area contributed by atoms with Crippen LogP contribution in [-0.4, -0.2) is 50.0 Å². The van der Waals surface area contributed by atoms with E-state index in [9.17, 15) is 9.59 Å². The fourth-order valence-corrected chi connectivity index (χ4v) is 3.87. The van der Waals surface area contributed by atoms with Crippen LogP contribution in [0.1, 0.15) is 19.4 Å². The van der Waals surface area contributed by atoms with Crippen LogP contribution in [0.25, 0.3) is 6.08 Å². The predicted molar refractivity (Wildman–Crippen MR) is 128 cm³/mol. The number of carbonyl (C=O) groups excluding carboxylic acids is 2. The minimum absolute atomic E-state index is 0.0352. The number of anilines is 2. The minimum Gasteiger partial charge on any atom is -0.496 e. The van der Waals surface area contributed by atoms with Gasteiger partial charge in [-0.25, -0.2) is 0 Å². The molecule has 0 bridgehead atoms. The highest BCUT2D eigenvalue weighted by Crippen LogP contribution is 2.24. The van der Waals surface area contributed by atoms with Crippen molar-refractivity contribution in [2.75, 3.05) is 43.5 Å². The standard InChI is InChI=1S/C24H28BrN3O3/c1-17(2)24(30)28-14-12-27(13-15-28)21-8-6-20(7-9-21)26-23(29)11-4-18-16-19(25)5-10-22(18)31-3/h4-11,16-17H,12-15H2,1-3H3,(H,26,29). The van der Waals surface area contributed by atoms with E-state index in [1.165, 1.54) is 6.08 Å². The van der Waals surface area contributed by atoms with Gasteiger partial charge in [0.25, 0.3) is 0 Å². The Balaban J connectivity index is 1.56. The number of halogens is 1. The van der Waals surface area contributed by atoms with Crippen molar-refractivity contribution in [1.82, 2.24) is 4.90 Å². The zero-order valence-electron chi connectivity index (χ0n) is 18.1. The lowest BCUT2D eigenvalue weighted by Crippen LogP contribution is -2.49. The first-order valence-corrected chi connectivity index (χ1v) is 11.1. The Labute approximate surface area is 192 Å². The van der Waals surface area contributed by atoms with E-state index in [0.29, 0.717) is 5.75 Å². The molecule has 2 amide bonds. The van der Waals surface area contributed by atoms with Crippen molar-refractivity contribution in [3.05, 3.63) is 58.6 Å². The Kier molecular flexibility index (Phi) is 7.74. The van der Waals surface area contributed by atoms with E-state index in [1.54, 1.807) is 13.2 Å². The van der Waals surface area contributed by atoms with Crippen LogP contribution in [0, 0.1) is 5.92 Å². The summed E-state index contributed by atoms with van der Waals surface area (Å²) >= 11 is 3.43. The van der Waals surface area contributed by atoms with Gasteiger partial charge in [-0.1, -0.05) is 29.8 Å². The van der Waals surface area contributed by atoms with E-state index in [2.05, 4.69) is 26.1 Å². The molecule has 1 fully saturated rings. The van der Waals surface area contributed by atoms with Crippen LogP contribution in [-0.2, 0) is 9.59 Å². The lowest BCUT2D eigenvalue weighted by Gasteiger charge is -2.37. The smallest absolute Gasteiger partial charge is 0.248 e. The molecular formula is C24H28BrN3O3. The number of hydrogen-bond donors (Lipinski definition) is 1. The van der Waals surface area contributed by atoms with E-state index in [-0.39, 0.29) is 17.7 Å². The molecule has 2 aromatic rings. The van der Waals surface area contributed by atoms with Crippen molar-refractivity contribution in [2.45, 2.75) is 13.8 Å². The quantitative estimate of drug-likeness (QED) is 0.615. The number of methoxy groups -OCH3 is 1. The molecule has 31 heavy (non-hydrogen) atoms. The van der Waals surface area contributed by atoms with Gasteiger partial charge in [-0.3, -0.25) is 9.59 Å². The molecule has 0 aromatic heterocycles. The summed E-state index contributed by atoms with van der Waals surface area (Å²) in [6.45, 7) is 6.96. The fourth-order valence-electron chi connectivity index (χ4n) is 3.49. The molecule has 0 aliphatic carbocycles. The third-order valence-electron chi connectivity index (χ3n) is 5.19. The van der Waals surface area contributed by atoms with Crippen LogP contribution in [0.5, 0.6) is 5.75 Å². The summed E-state index contributed by atoms with van der Waals surface area (Å²) in [5.41, 5.74) is 2.63. The normalized spacial score (nSPS) is 14.2. The minimum atomic E-state index is -0.212. The van der Waals surface area contributed by atoms with Crippen LogP contribution < -0.4 is 15.0 Å². The van der Waals surface area contributed by atoms with Crippen LogP contribution in [0.3, 0.4) is 0 Å². The molecule has 1 aliphatic heterocycles. The third-order valence-corrected chi connectivity index (χ3v) is 5.68. The molecule has 1 heterocycles. The second-order valence-electron chi connectivity index (χ2n) is 7.72. The molecule has 1 aliphatic rings. The fraction of sp³-hybridized carbons (Fsp3) is 0.333. The van der Waals surface area contributed by atoms with Crippen molar-refractivity contribution in [1.29, 1.82) is 0 Å². The monoisotopic (exact) mass is 485 g/mol. The summed E-state index contributed by atoms with van der Waals surface area (Å²) < 4.78 is 6.24. The Morgan fingerprint density at radius 3 is 2.35 bits per heavy atom. The first kappa shape index (κ1) is 22.9. The van der Waals surface area contributed by atoms with Gasteiger partial charge in [-0.2, -0.15) is 0 Å². The van der Waals surface area contributed by atoms with Gasteiger partial charge in [0.05, 0.1) is 7.11 Å². The largest absolute Gasteiger partial charge is 0.496 e. The molecule has 1 N–H and O–H groups in total. The Bertz CT molecular complexity index is 949. The topological polar surface area (TPSA) is 61.9 Å². The highest BCUT2D eigenvalue weighted by molar-refractivity contribution is 9.10. The number of amides is 2.